The third-order valence-corrected chi connectivity index (χ3v) is 3.36. The molecule has 0 bridgehead atoms. The third-order valence-electron chi connectivity index (χ3n) is 3.17. The second-order valence-electron chi connectivity index (χ2n) is 4.87. The fraction of sp³-hybridized carbons (Fsp3) is 0.375. The minimum absolute atomic E-state index is 0.519. The molecule has 0 fully saturated rings. The van der Waals surface area contributed by atoms with Crippen LogP contribution in [0.3, 0.4) is 0 Å². The maximum atomic E-state index is 6.07. The van der Waals surface area contributed by atoms with E-state index in [1.807, 2.05) is 19.2 Å². The first kappa shape index (κ1) is 14.8. The van der Waals surface area contributed by atoms with Crippen molar-refractivity contribution in [3.8, 4) is 0 Å². The van der Waals surface area contributed by atoms with E-state index in [-0.39, 0.29) is 0 Å². The average Bonchev–Trinajstić information content (AvgIpc) is 2.45. The number of hydrogen-bond donors (Lipinski definition) is 0. The van der Waals surface area contributed by atoms with E-state index in [9.17, 15) is 0 Å². The summed E-state index contributed by atoms with van der Waals surface area (Å²) in [6, 6.07) is 12.3. The van der Waals surface area contributed by atoms with Crippen molar-refractivity contribution in [2.24, 2.45) is 0 Å². The molecule has 1 aromatic heterocycles. The molecule has 3 nitrogen and oxygen atoms in total. The van der Waals surface area contributed by atoms with Crippen molar-refractivity contribution in [2.45, 2.75) is 26.2 Å². The molecule has 0 atom stereocenters. The Labute approximate surface area is 125 Å². The van der Waals surface area contributed by atoms with Gasteiger partial charge in [-0.1, -0.05) is 48.9 Å². The molecule has 0 aliphatic heterocycles. The van der Waals surface area contributed by atoms with Gasteiger partial charge in [-0.3, -0.25) is 0 Å². The lowest BCUT2D eigenvalue weighted by Gasteiger charge is -2.19. The number of hydrogen-bond acceptors (Lipinski definition) is 3. The van der Waals surface area contributed by atoms with Crippen LogP contribution in [0.15, 0.2) is 36.4 Å². The molecule has 2 rings (SSSR count). The van der Waals surface area contributed by atoms with Gasteiger partial charge in [-0.15, -0.1) is 0 Å². The Bertz CT molecular complexity index is 543. The summed E-state index contributed by atoms with van der Waals surface area (Å²) in [5.41, 5.74) is 1.33. The number of likely N-dealkylation sites (N-methyl/N-ethyl adjacent to an activating group) is 1. The molecule has 0 aliphatic rings. The Morgan fingerprint density at radius 2 is 1.85 bits per heavy atom. The first-order valence-electron chi connectivity index (χ1n) is 6.97. The molecular weight excluding hydrogens is 270 g/mol. The van der Waals surface area contributed by atoms with Crippen molar-refractivity contribution < 1.29 is 0 Å². The van der Waals surface area contributed by atoms with Crippen molar-refractivity contribution >= 4 is 17.4 Å². The zero-order valence-corrected chi connectivity index (χ0v) is 12.8. The summed E-state index contributed by atoms with van der Waals surface area (Å²) in [6.45, 7) is 3.02. The third kappa shape index (κ3) is 4.20. The van der Waals surface area contributed by atoms with Crippen LogP contribution >= 0.6 is 11.6 Å². The van der Waals surface area contributed by atoms with Gasteiger partial charge in [0, 0.05) is 26.1 Å². The number of rotatable bonds is 6. The summed E-state index contributed by atoms with van der Waals surface area (Å²) in [5.74, 6) is 1.71. The smallest absolute Gasteiger partial charge is 0.134 e. The fourth-order valence-electron chi connectivity index (χ4n) is 2.04. The highest BCUT2D eigenvalue weighted by molar-refractivity contribution is 6.29. The first-order valence-corrected chi connectivity index (χ1v) is 7.35. The quantitative estimate of drug-likeness (QED) is 0.758. The van der Waals surface area contributed by atoms with Crippen LogP contribution in [0.2, 0.25) is 5.15 Å². The maximum Gasteiger partial charge on any atom is 0.134 e. The summed E-state index contributed by atoms with van der Waals surface area (Å²) >= 11 is 6.07. The molecule has 4 heteroatoms. The molecule has 1 heterocycles. The summed E-state index contributed by atoms with van der Waals surface area (Å²) in [4.78, 5) is 10.9. The predicted molar refractivity (Wildman–Crippen MR) is 84.5 cm³/mol. The van der Waals surface area contributed by atoms with Gasteiger partial charge in [0.15, 0.2) is 0 Å². The molecule has 0 aliphatic carbocycles. The number of aryl methyl sites for hydroxylation is 1. The minimum atomic E-state index is 0.519. The fourth-order valence-corrected chi connectivity index (χ4v) is 2.23. The molecular formula is C16H20ClN3. The largest absolute Gasteiger partial charge is 0.359 e. The molecule has 0 N–H and O–H groups in total. The minimum Gasteiger partial charge on any atom is -0.359 e. The Hall–Kier alpha value is -1.61. The topological polar surface area (TPSA) is 29.0 Å². The van der Waals surface area contributed by atoms with Gasteiger partial charge in [0.1, 0.15) is 16.8 Å². The predicted octanol–water partition coefficient (Wildman–Crippen LogP) is 3.76. The zero-order valence-electron chi connectivity index (χ0n) is 12.0. The summed E-state index contributed by atoms with van der Waals surface area (Å²) in [7, 11) is 2.04. The SMILES string of the molecule is CCCc1nc(Cl)cc(N(C)CCc2ccccc2)n1. The van der Waals surface area contributed by atoms with Crippen LogP contribution in [-0.2, 0) is 12.8 Å². The van der Waals surface area contributed by atoms with E-state index in [4.69, 9.17) is 11.6 Å². The molecule has 0 spiro atoms. The van der Waals surface area contributed by atoms with Gasteiger partial charge in [0.05, 0.1) is 0 Å². The van der Waals surface area contributed by atoms with Crippen LogP contribution in [0.4, 0.5) is 5.82 Å². The second kappa shape index (κ2) is 7.25. The summed E-state index contributed by atoms with van der Waals surface area (Å²) < 4.78 is 0. The summed E-state index contributed by atoms with van der Waals surface area (Å²) in [5, 5.41) is 0.519. The molecule has 0 radical (unpaired) electrons. The van der Waals surface area contributed by atoms with Crippen molar-refractivity contribution in [2.75, 3.05) is 18.5 Å². The van der Waals surface area contributed by atoms with E-state index in [1.54, 1.807) is 0 Å². The number of aromatic nitrogens is 2. The second-order valence-corrected chi connectivity index (χ2v) is 5.26. The van der Waals surface area contributed by atoms with Gasteiger partial charge < -0.3 is 4.90 Å². The zero-order chi connectivity index (χ0) is 14.4. The normalized spacial score (nSPS) is 10.6. The van der Waals surface area contributed by atoms with Gasteiger partial charge in [-0.05, 0) is 18.4 Å². The number of anilines is 1. The van der Waals surface area contributed by atoms with Gasteiger partial charge in [-0.25, -0.2) is 9.97 Å². The van der Waals surface area contributed by atoms with Crippen LogP contribution in [0.5, 0.6) is 0 Å². The molecule has 2 aromatic rings. The van der Waals surface area contributed by atoms with Gasteiger partial charge >= 0.3 is 0 Å². The van der Waals surface area contributed by atoms with Crippen LogP contribution < -0.4 is 4.90 Å². The van der Waals surface area contributed by atoms with Crippen LogP contribution in [-0.4, -0.2) is 23.6 Å². The Morgan fingerprint density at radius 1 is 1.10 bits per heavy atom. The van der Waals surface area contributed by atoms with Crippen LogP contribution in [0.25, 0.3) is 0 Å². The van der Waals surface area contributed by atoms with E-state index >= 15 is 0 Å². The number of halogens is 1. The lowest BCUT2D eigenvalue weighted by Crippen LogP contribution is -2.22. The maximum absolute atomic E-state index is 6.07. The number of benzene rings is 1. The highest BCUT2D eigenvalue weighted by atomic mass is 35.5. The van der Waals surface area contributed by atoms with Crippen molar-refractivity contribution in [3.63, 3.8) is 0 Å². The lowest BCUT2D eigenvalue weighted by molar-refractivity contribution is 0.805. The molecule has 106 valence electrons. The molecule has 0 amide bonds. The van der Waals surface area contributed by atoms with E-state index < -0.39 is 0 Å². The van der Waals surface area contributed by atoms with E-state index in [2.05, 4.69) is 46.1 Å². The Kier molecular flexibility index (Phi) is 5.36. The molecule has 0 saturated carbocycles. The monoisotopic (exact) mass is 289 g/mol. The Morgan fingerprint density at radius 3 is 2.55 bits per heavy atom. The molecule has 0 unspecified atom stereocenters. The van der Waals surface area contributed by atoms with E-state index in [1.165, 1.54) is 5.56 Å². The molecule has 1 aromatic carbocycles. The standard InChI is InChI=1S/C16H20ClN3/c1-3-7-15-18-14(17)12-16(19-15)20(2)11-10-13-8-5-4-6-9-13/h4-6,8-9,12H,3,7,10-11H2,1-2H3. The van der Waals surface area contributed by atoms with Crippen molar-refractivity contribution in [3.05, 3.63) is 52.9 Å². The first-order chi connectivity index (χ1) is 9.69. The van der Waals surface area contributed by atoms with Crippen LogP contribution in [0, 0.1) is 0 Å². The lowest BCUT2D eigenvalue weighted by atomic mass is 10.1. The molecule has 20 heavy (non-hydrogen) atoms. The van der Waals surface area contributed by atoms with Gasteiger partial charge in [-0.2, -0.15) is 0 Å². The van der Waals surface area contributed by atoms with Gasteiger partial charge in [0.2, 0.25) is 0 Å². The highest BCUT2D eigenvalue weighted by Crippen LogP contribution is 2.16. The Balaban J connectivity index is 2.03. The van der Waals surface area contributed by atoms with Crippen molar-refractivity contribution in [1.29, 1.82) is 0 Å². The van der Waals surface area contributed by atoms with Crippen LogP contribution in [0.1, 0.15) is 24.7 Å². The highest BCUT2D eigenvalue weighted by Gasteiger charge is 2.07. The van der Waals surface area contributed by atoms with E-state index in [0.717, 1.165) is 37.4 Å². The number of nitrogens with zero attached hydrogens (tertiary/aromatic N) is 3. The summed E-state index contributed by atoms with van der Waals surface area (Å²) in [6.07, 6.45) is 2.87. The molecule has 0 saturated heterocycles. The van der Waals surface area contributed by atoms with Crippen molar-refractivity contribution in [1.82, 2.24) is 9.97 Å². The van der Waals surface area contributed by atoms with E-state index in [0.29, 0.717) is 5.15 Å². The van der Waals surface area contributed by atoms with Gasteiger partial charge in [0.25, 0.3) is 0 Å². The average molecular weight is 290 g/mol.